The average Bonchev–Trinajstić information content (AvgIpc) is 2.44. The summed E-state index contributed by atoms with van der Waals surface area (Å²) >= 11 is 0. The molecule has 0 fully saturated rings. The maximum Gasteiger partial charge on any atom is 0.308 e. The van der Waals surface area contributed by atoms with Gasteiger partial charge in [-0.3, -0.25) is 9.59 Å². The van der Waals surface area contributed by atoms with Gasteiger partial charge in [-0.1, -0.05) is 30.3 Å². The molecule has 2 N–H and O–H groups in total. The van der Waals surface area contributed by atoms with E-state index in [9.17, 15) is 14.7 Å². The molecule has 1 unspecified atom stereocenters. The zero-order chi connectivity index (χ0) is 14.8. The van der Waals surface area contributed by atoms with Crippen molar-refractivity contribution in [2.24, 2.45) is 5.92 Å². The summed E-state index contributed by atoms with van der Waals surface area (Å²) in [7, 11) is 0. The summed E-state index contributed by atoms with van der Waals surface area (Å²) in [5.41, 5.74) is 0.948. The van der Waals surface area contributed by atoms with Crippen LogP contribution in [0.25, 0.3) is 0 Å². The molecule has 1 aromatic carbocycles. The van der Waals surface area contributed by atoms with E-state index in [2.05, 4.69) is 5.32 Å². The van der Waals surface area contributed by atoms with Gasteiger partial charge in [0.1, 0.15) is 0 Å². The van der Waals surface area contributed by atoms with Crippen LogP contribution in [0.2, 0.25) is 0 Å². The molecule has 5 nitrogen and oxygen atoms in total. The van der Waals surface area contributed by atoms with Crippen molar-refractivity contribution in [3.63, 3.8) is 0 Å². The number of nitrogens with one attached hydrogen (secondary N) is 1. The van der Waals surface area contributed by atoms with Gasteiger partial charge < -0.3 is 15.2 Å². The number of carbonyl (C=O) groups is 2. The van der Waals surface area contributed by atoms with Gasteiger partial charge in [0.05, 0.1) is 12.5 Å². The Kier molecular flexibility index (Phi) is 7.35. The minimum atomic E-state index is -0.904. The summed E-state index contributed by atoms with van der Waals surface area (Å²) < 4.78 is 5.08. The van der Waals surface area contributed by atoms with E-state index in [-0.39, 0.29) is 18.9 Å². The lowest BCUT2D eigenvalue weighted by Gasteiger charge is -2.13. The molecule has 0 aromatic heterocycles. The Balaban J connectivity index is 2.40. The van der Waals surface area contributed by atoms with Gasteiger partial charge >= 0.3 is 5.97 Å². The van der Waals surface area contributed by atoms with E-state index >= 15 is 0 Å². The van der Waals surface area contributed by atoms with Crippen molar-refractivity contribution in [1.82, 2.24) is 5.32 Å². The highest BCUT2D eigenvalue weighted by molar-refractivity contribution is 5.77. The second kappa shape index (κ2) is 9.09. The summed E-state index contributed by atoms with van der Waals surface area (Å²) in [4.78, 5) is 22.7. The van der Waals surface area contributed by atoms with Gasteiger partial charge in [0.2, 0.25) is 5.91 Å². The molecule has 1 atom stereocenters. The fraction of sp³-hybridized carbons (Fsp3) is 0.467. The van der Waals surface area contributed by atoms with Gasteiger partial charge in [0.15, 0.2) is 0 Å². The minimum Gasteiger partial charge on any atom is -0.481 e. The Morgan fingerprint density at radius 3 is 2.60 bits per heavy atom. The second-order valence-electron chi connectivity index (χ2n) is 4.48. The number of carboxylic acids is 1. The van der Waals surface area contributed by atoms with Crippen LogP contribution in [0.4, 0.5) is 0 Å². The lowest BCUT2D eigenvalue weighted by Crippen LogP contribution is -2.34. The number of rotatable bonds is 9. The monoisotopic (exact) mass is 279 g/mol. The smallest absolute Gasteiger partial charge is 0.308 e. The zero-order valence-corrected chi connectivity index (χ0v) is 11.7. The van der Waals surface area contributed by atoms with E-state index in [1.54, 1.807) is 0 Å². The van der Waals surface area contributed by atoms with Crippen molar-refractivity contribution >= 4 is 11.9 Å². The van der Waals surface area contributed by atoms with Gasteiger partial charge in [-0.05, 0) is 18.9 Å². The summed E-state index contributed by atoms with van der Waals surface area (Å²) in [6.45, 7) is 2.92. The topological polar surface area (TPSA) is 75.6 Å². The third-order valence-corrected chi connectivity index (χ3v) is 2.90. The van der Waals surface area contributed by atoms with E-state index in [1.165, 1.54) is 0 Å². The summed E-state index contributed by atoms with van der Waals surface area (Å²) in [5.74, 6) is -1.70. The van der Waals surface area contributed by atoms with Gasteiger partial charge in [0, 0.05) is 19.6 Å². The van der Waals surface area contributed by atoms with E-state index in [1.807, 2.05) is 37.3 Å². The first-order valence-electron chi connectivity index (χ1n) is 6.74. The molecule has 1 rings (SSSR count). The van der Waals surface area contributed by atoms with Crippen LogP contribution >= 0.6 is 0 Å². The number of benzene rings is 1. The van der Waals surface area contributed by atoms with Crippen LogP contribution in [0.1, 0.15) is 18.9 Å². The first-order valence-corrected chi connectivity index (χ1v) is 6.74. The normalized spacial score (nSPS) is 11.8. The standard InChI is InChI=1S/C15H21NO4/c1-2-20-9-8-14(17)16-11-13(15(18)19)10-12-6-4-3-5-7-12/h3-7,13H,2,8-11H2,1H3,(H,16,17)(H,18,19). The lowest BCUT2D eigenvalue weighted by molar-refractivity contribution is -0.141. The highest BCUT2D eigenvalue weighted by Crippen LogP contribution is 2.08. The Morgan fingerprint density at radius 2 is 2.00 bits per heavy atom. The largest absolute Gasteiger partial charge is 0.481 e. The minimum absolute atomic E-state index is 0.134. The molecular formula is C15H21NO4. The first-order chi connectivity index (χ1) is 9.63. The number of aliphatic carboxylic acids is 1. The average molecular weight is 279 g/mol. The van der Waals surface area contributed by atoms with Crippen LogP contribution < -0.4 is 5.32 Å². The molecule has 0 saturated carbocycles. The van der Waals surface area contributed by atoms with Crippen molar-refractivity contribution in [3.8, 4) is 0 Å². The highest BCUT2D eigenvalue weighted by Gasteiger charge is 2.18. The third-order valence-electron chi connectivity index (χ3n) is 2.90. The lowest BCUT2D eigenvalue weighted by atomic mass is 9.99. The molecule has 0 heterocycles. The van der Waals surface area contributed by atoms with Crippen LogP contribution in [0.5, 0.6) is 0 Å². The third kappa shape index (κ3) is 6.33. The van der Waals surface area contributed by atoms with E-state index in [0.29, 0.717) is 19.6 Å². The Hall–Kier alpha value is -1.88. The van der Waals surface area contributed by atoms with Gasteiger partial charge in [-0.25, -0.2) is 0 Å². The number of carboxylic acid groups (broad SMARTS) is 1. The first kappa shape index (κ1) is 16.2. The van der Waals surface area contributed by atoms with Crippen molar-refractivity contribution in [2.45, 2.75) is 19.8 Å². The number of carbonyl (C=O) groups excluding carboxylic acids is 1. The zero-order valence-electron chi connectivity index (χ0n) is 11.7. The van der Waals surface area contributed by atoms with Crippen LogP contribution in [0.15, 0.2) is 30.3 Å². The summed E-state index contributed by atoms with van der Waals surface area (Å²) in [6, 6.07) is 9.39. The number of hydrogen-bond acceptors (Lipinski definition) is 3. The van der Waals surface area contributed by atoms with Crippen LogP contribution in [-0.2, 0) is 20.7 Å². The predicted octanol–water partition coefficient (Wildman–Crippen LogP) is 1.47. The molecule has 20 heavy (non-hydrogen) atoms. The van der Waals surface area contributed by atoms with Crippen molar-refractivity contribution in [2.75, 3.05) is 19.8 Å². The molecule has 0 bridgehead atoms. The SMILES string of the molecule is CCOCCC(=O)NCC(Cc1ccccc1)C(=O)O. The van der Waals surface area contributed by atoms with Crippen molar-refractivity contribution in [1.29, 1.82) is 0 Å². The maximum atomic E-state index is 11.5. The van der Waals surface area contributed by atoms with Crippen molar-refractivity contribution < 1.29 is 19.4 Å². The van der Waals surface area contributed by atoms with Gasteiger partial charge in [-0.2, -0.15) is 0 Å². The molecule has 0 aliphatic rings. The predicted molar refractivity (Wildman–Crippen MR) is 75.4 cm³/mol. The Morgan fingerprint density at radius 1 is 1.30 bits per heavy atom. The maximum absolute atomic E-state index is 11.5. The molecule has 1 amide bonds. The van der Waals surface area contributed by atoms with E-state index < -0.39 is 11.9 Å². The molecule has 0 aliphatic heterocycles. The number of hydrogen-bond donors (Lipinski definition) is 2. The van der Waals surface area contributed by atoms with Crippen LogP contribution in [-0.4, -0.2) is 36.7 Å². The molecule has 0 spiro atoms. The Bertz CT molecular complexity index is 419. The molecule has 0 aliphatic carbocycles. The highest BCUT2D eigenvalue weighted by atomic mass is 16.5. The quantitative estimate of drug-likeness (QED) is 0.671. The molecule has 0 radical (unpaired) electrons. The molecule has 110 valence electrons. The van der Waals surface area contributed by atoms with Gasteiger partial charge in [0.25, 0.3) is 0 Å². The second-order valence-corrected chi connectivity index (χ2v) is 4.48. The molecule has 5 heteroatoms. The van der Waals surface area contributed by atoms with Gasteiger partial charge in [-0.15, -0.1) is 0 Å². The molecule has 0 saturated heterocycles. The van der Waals surface area contributed by atoms with Crippen LogP contribution in [0, 0.1) is 5.92 Å². The number of amides is 1. The fourth-order valence-corrected chi connectivity index (χ4v) is 1.78. The fourth-order valence-electron chi connectivity index (χ4n) is 1.78. The van der Waals surface area contributed by atoms with Crippen molar-refractivity contribution in [3.05, 3.63) is 35.9 Å². The molecular weight excluding hydrogens is 258 g/mol. The summed E-state index contributed by atoms with van der Waals surface area (Å²) in [6.07, 6.45) is 0.660. The van der Waals surface area contributed by atoms with E-state index in [0.717, 1.165) is 5.56 Å². The number of ether oxygens (including phenoxy) is 1. The van der Waals surface area contributed by atoms with E-state index in [4.69, 9.17) is 4.74 Å². The molecule has 1 aromatic rings. The Labute approximate surface area is 118 Å². The van der Waals surface area contributed by atoms with Crippen LogP contribution in [0.3, 0.4) is 0 Å². The summed E-state index contributed by atoms with van der Waals surface area (Å²) in [5, 5.41) is 11.8.